The average Bonchev–Trinajstić information content (AvgIpc) is 2.83. The van der Waals surface area contributed by atoms with E-state index in [4.69, 9.17) is 5.73 Å². The summed E-state index contributed by atoms with van der Waals surface area (Å²) in [5.41, 5.74) is 6.04. The summed E-state index contributed by atoms with van der Waals surface area (Å²) < 4.78 is 27.4. The average molecular weight is 211 g/mol. The van der Waals surface area contributed by atoms with Crippen molar-refractivity contribution in [1.29, 1.82) is 0 Å². The van der Waals surface area contributed by atoms with Gasteiger partial charge in [0.2, 0.25) is 0 Å². The molecule has 82 valence electrons. The first-order valence-electron chi connectivity index (χ1n) is 5.25. The van der Waals surface area contributed by atoms with Gasteiger partial charge in [-0.25, -0.2) is 8.78 Å². The lowest BCUT2D eigenvalue weighted by Gasteiger charge is -2.16. The highest BCUT2D eigenvalue weighted by Gasteiger charge is 2.46. The molecular weight excluding hydrogens is 196 g/mol. The van der Waals surface area contributed by atoms with Crippen LogP contribution in [0.5, 0.6) is 0 Å². The van der Waals surface area contributed by atoms with Crippen LogP contribution in [0.4, 0.5) is 8.78 Å². The number of hydrogen-bond donors (Lipinski definition) is 1. The van der Waals surface area contributed by atoms with Gasteiger partial charge in [0.1, 0.15) is 11.6 Å². The molecule has 2 rings (SSSR count). The molecule has 1 nitrogen and oxygen atoms in total. The molecule has 0 aromatic heterocycles. The van der Waals surface area contributed by atoms with Gasteiger partial charge in [-0.1, -0.05) is 0 Å². The molecule has 1 fully saturated rings. The third-order valence-corrected chi connectivity index (χ3v) is 3.19. The van der Waals surface area contributed by atoms with E-state index < -0.39 is 11.6 Å². The number of halogens is 2. The Kier molecular flexibility index (Phi) is 2.51. The van der Waals surface area contributed by atoms with Crippen LogP contribution in [-0.2, 0) is 5.41 Å². The summed E-state index contributed by atoms with van der Waals surface area (Å²) in [5, 5.41) is 0. The first-order chi connectivity index (χ1) is 7.09. The molecule has 2 N–H and O–H groups in total. The molecule has 0 bridgehead atoms. The number of hydrogen-bond acceptors (Lipinski definition) is 1. The molecule has 0 atom stereocenters. The fraction of sp³-hybridized carbons (Fsp3) is 0.500. The second-order valence-corrected chi connectivity index (χ2v) is 4.42. The van der Waals surface area contributed by atoms with E-state index in [9.17, 15) is 8.78 Å². The van der Waals surface area contributed by atoms with Crippen LogP contribution in [-0.4, -0.2) is 6.54 Å². The van der Waals surface area contributed by atoms with Crippen molar-refractivity contribution in [2.45, 2.75) is 31.6 Å². The molecule has 1 aromatic carbocycles. The zero-order valence-electron chi connectivity index (χ0n) is 8.82. The van der Waals surface area contributed by atoms with Crippen molar-refractivity contribution >= 4 is 0 Å². The largest absolute Gasteiger partial charge is 0.330 e. The molecule has 0 unspecified atom stereocenters. The lowest BCUT2D eigenvalue weighted by atomic mass is 9.90. The van der Waals surface area contributed by atoms with Gasteiger partial charge in [-0.2, -0.15) is 0 Å². The zero-order valence-corrected chi connectivity index (χ0v) is 8.82. The van der Waals surface area contributed by atoms with Crippen molar-refractivity contribution in [3.63, 3.8) is 0 Å². The van der Waals surface area contributed by atoms with Crippen LogP contribution in [0.1, 0.15) is 30.4 Å². The Morgan fingerprint density at radius 1 is 1.27 bits per heavy atom. The predicted octanol–water partition coefficient (Wildman–Crippen LogP) is 2.65. The van der Waals surface area contributed by atoms with Crippen LogP contribution in [0.25, 0.3) is 0 Å². The Morgan fingerprint density at radius 3 is 2.20 bits per heavy atom. The Labute approximate surface area is 88.3 Å². The Morgan fingerprint density at radius 2 is 1.80 bits per heavy atom. The summed E-state index contributed by atoms with van der Waals surface area (Å²) in [4.78, 5) is 0. The number of aryl methyl sites for hydroxylation is 1. The van der Waals surface area contributed by atoms with E-state index in [2.05, 4.69) is 0 Å². The maximum Gasteiger partial charge on any atom is 0.130 e. The first kappa shape index (κ1) is 10.6. The van der Waals surface area contributed by atoms with Gasteiger partial charge in [-0.05, 0) is 50.4 Å². The van der Waals surface area contributed by atoms with E-state index in [-0.39, 0.29) is 11.0 Å². The van der Waals surface area contributed by atoms with E-state index in [0.717, 1.165) is 12.8 Å². The third kappa shape index (κ3) is 1.76. The Hall–Kier alpha value is -0.960. The van der Waals surface area contributed by atoms with Crippen molar-refractivity contribution in [3.05, 3.63) is 34.9 Å². The topological polar surface area (TPSA) is 26.0 Å². The van der Waals surface area contributed by atoms with E-state index in [1.54, 1.807) is 6.92 Å². The molecule has 0 spiro atoms. The van der Waals surface area contributed by atoms with Gasteiger partial charge in [0.15, 0.2) is 0 Å². The van der Waals surface area contributed by atoms with Gasteiger partial charge in [0, 0.05) is 11.0 Å². The van der Waals surface area contributed by atoms with Gasteiger partial charge in [0.05, 0.1) is 0 Å². The van der Waals surface area contributed by atoms with Crippen LogP contribution < -0.4 is 5.73 Å². The summed E-state index contributed by atoms with van der Waals surface area (Å²) in [5.74, 6) is -0.836. The standard InChI is InChI=1S/C12H15F2N/c1-8-6-9(13)11(10(14)7-8)12(2-3-12)4-5-15/h6-7H,2-5,15H2,1H3. The lowest BCUT2D eigenvalue weighted by Crippen LogP contribution is -2.17. The second-order valence-electron chi connectivity index (χ2n) is 4.42. The number of nitrogens with two attached hydrogens (primary N) is 1. The minimum absolute atomic E-state index is 0.249. The summed E-state index contributed by atoms with van der Waals surface area (Å²) in [6, 6.07) is 2.80. The van der Waals surface area contributed by atoms with Crippen LogP contribution in [0.3, 0.4) is 0 Å². The third-order valence-electron chi connectivity index (χ3n) is 3.19. The molecule has 3 heteroatoms. The summed E-state index contributed by atoms with van der Waals surface area (Å²) in [7, 11) is 0. The van der Waals surface area contributed by atoms with E-state index in [0.29, 0.717) is 18.5 Å². The normalized spacial score (nSPS) is 17.9. The Bertz CT molecular complexity index is 360. The molecule has 1 aromatic rings. The van der Waals surface area contributed by atoms with Crippen molar-refractivity contribution in [2.75, 3.05) is 6.54 Å². The Balaban J connectivity index is 2.44. The molecule has 1 aliphatic carbocycles. The van der Waals surface area contributed by atoms with Gasteiger partial charge >= 0.3 is 0 Å². The highest BCUT2D eigenvalue weighted by atomic mass is 19.1. The second kappa shape index (κ2) is 3.56. The molecule has 0 amide bonds. The van der Waals surface area contributed by atoms with Crippen molar-refractivity contribution < 1.29 is 8.78 Å². The van der Waals surface area contributed by atoms with Crippen LogP contribution in [0, 0.1) is 18.6 Å². The van der Waals surface area contributed by atoms with Crippen molar-refractivity contribution in [3.8, 4) is 0 Å². The lowest BCUT2D eigenvalue weighted by molar-refractivity contribution is 0.499. The summed E-state index contributed by atoms with van der Waals surface area (Å²) in [6.07, 6.45) is 2.37. The van der Waals surface area contributed by atoms with Gasteiger partial charge < -0.3 is 5.73 Å². The van der Waals surface area contributed by atoms with Crippen LogP contribution in [0.15, 0.2) is 12.1 Å². The highest BCUT2D eigenvalue weighted by Crippen LogP contribution is 2.52. The minimum atomic E-state index is -0.418. The van der Waals surface area contributed by atoms with Crippen LogP contribution >= 0.6 is 0 Å². The van der Waals surface area contributed by atoms with E-state index >= 15 is 0 Å². The van der Waals surface area contributed by atoms with Crippen LogP contribution in [0.2, 0.25) is 0 Å². The molecule has 1 saturated carbocycles. The molecule has 0 heterocycles. The molecule has 0 aliphatic heterocycles. The molecule has 15 heavy (non-hydrogen) atoms. The van der Waals surface area contributed by atoms with E-state index in [1.165, 1.54) is 12.1 Å². The number of benzene rings is 1. The predicted molar refractivity (Wildman–Crippen MR) is 55.7 cm³/mol. The van der Waals surface area contributed by atoms with E-state index in [1.807, 2.05) is 0 Å². The smallest absolute Gasteiger partial charge is 0.130 e. The monoisotopic (exact) mass is 211 g/mol. The fourth-order valence-corrected chi connectivity index (χ4v) is 2.26. The SMILES string of the molecule is Cc1cc(F)c(C2(CCN)CC2)c(F)c1. The summed E-state index contributed by atoms with van der Waals surface area (Å²) >= 11 is 0. The van der Waals surface area contributed by atoms with Gasteiger partial charge in [-0.3, -0.25) is 0 Å². The molecule has 1 aliphatic rings. The molecule has 0 radical (unpaired) electrons. The molecule has 0 saturated heterocycles. The maximum absolute atomic E-state index is 13.7. The zero-order chi connectivity index (χ0) is 11.1. The minimum Gasteiger partial charge on any atom is -0.330 e. The molecular formula is C12H15F2N. The number of rotatable bonds is 3. The fourth-order valence-electron chi connectivity index (χ4n) is 2.26. The quantitative estimate of drug-likeness (QED) is 0.817. The highest BCUT2D eigenvalue weighted by molar-refractivity contribution is 5.36. The maximum atomic E-state index is 13.7. The first-order valence-corrected chi connectivity index (χ1v) is 5.25. The van der Waals surface area contributed by atoms with Crippen molar-refractivity contribution in [2.24, 2.45) is 5.73 Å². The summed E-state index contributed by atoms with van der Waals surface area (Å²) in [6.45, 7) is 2.17. The van der Waals surface area contributed by atoms with Gasteiger partial charge in [-0.15, -0.1) is 0 Å². The van der Waals surface area contributed by atoms with Gasteiger partial charge in [0.25, 0.3) is 0 Å². The van der Waals surface area contributed by atoms with Crippen molar-refractivity contribution in [1.82, 2.24) is 0 Å².